The Balaban J connectivity index is 1.23. The Morgan fingerprint density at radius 3 is 2.36 bits per heavy atom. The summed E-state index contributed by atoms with van der Waals surface area (Å²) in [5, 5.41) is 12.9. The zero-order valence-corrected chi connectivity index (χ0v) is 20.8. The van der Waals surface area contributed by atoms with E-state index in [0.717, 1.165) is 64.5 Å². The lowest BCUT2D eigenvalue weighted by molar-refractivity contribution is -0.127. The summed E-state index contributed by atoms with van der Waals surface area (Å²) in [6.07, 6.45) is 6.96. The molecule has 2 fully saturated rings. The Bertz CT molecular complexity index is 1120. The maximum absolute atomic E-state index is 12.0. The number of hydrogen-bond acceptors (Lipinski definition) is 6. The highest BCUT2D eigenvalue weighted by molar-refractivity contribution is 5.77. The Labute approximate surface area is 213 Å². The van der Waals surface area contributed by atoms with Gasteiger partial charge in [-0.05, 0) is 34.4 Å². The summed E-state index contributed by atoms with van der Waals surface area (Å²) >= 11 is 0. The first-order valence-corrected chi connectivity index (χ1v) is 13.0. The zero-order valence-electron chi connectivity index (χ0n) is 20.8. The van der Waals surface area contributed by atoms with Crippen LogP contribution in [0.15, 0.2) is 66.7 Å². The largest absolute Gasteiger partial charge is 0.343 e. The number of benzene rings is 2. The van der Waals surface area contributed by atoms with Crippen molar-refractivity contribution >= 4 is 12.0 Å². The lowest BCUT2D eigenvalue weighted by Gasteiger charge is -2.38. The second-order valence-electron chi connectivity index (χ2n) is 9.56. The lowest BCUT2D eigenvalue weighted by Crippen LogP contribution is -2.48. The monoisotopic (exact) mass is 485 g/mol. The molecule has 0 radical (unpaired) electrons. The minimum absolute atomic E-state index is 0.0108. The molecule has 3 heterocycles. The predicted octanol–water partition coefficient (Wildman–Crippen LogP) is 3.11. The molecule has 2 aliphatic heterocycles. The predicted molar refractivity (Wildman–Crippen MR) is 140 cm³/mol. The van der Waals surface area contributed by atoms with Crippen molar-refractivity contribution in [1.82, 2.24) is 34.9 Å². The van der Waals surface area contributed by atoms with Crippen LogP contribution in [0.4, 0.5) is 0 Å². The SMILES string of the molecule is O=C1CCCN1CCCn1nnnc1[C@@H](c1ccccc1)N1CCN(CC=Cc2ccccc2)CC1. The molecule has 1 aromatic heterocycles. The third-order valence-corrected chi connectivity index (χ3v) is 7.13. The number of piperazine rings is 1. The van der Waals surface area contributed by atoms with Crippen LogP contribution in [0.5, 0.6) is 0 Å². The quantitative estimate of drug-likeness (QED) is 0.440. The minimum Gasteiger partial charge on any atom is -0.343 e. The normalized spacial score (nSPS) is 18.3. The second kappa shape index (κ2) is 12.1. The van der Waals surface area contributed by atoms with Crippen LogP contribution in [-0.4, -0.2) is 86.6 Å². The fourth-order valence-corrected chi connectivity index (χ4v) is 5.18. The molecule has 0 spiro atoms. The van der Waals surface area contributed by atoms with Crippen molar-refractivity contribution < 1.29 is 4.79 Å². The van der Waals surface area contributed by atoms with Gasteiger partial charge in [0.05, 0.1) is 6.04 Å². The van der Waals surface area contributed by atoms with Crippen LogP contribution >= 0.6 is 0 Å². The molecule has 2 saturated heterocycles. The van der Waals surface area contributed by atoms with E-state index < -0.39 is 0 Å². The van der Waals surface area contributed by atoms with Crippen molar-refractivity contribution in [1.29, 1.82) is 0 Å². The molecule has 0 saturated carbocycles. The minimum atomic E-state index is 0.0108. The number of aryl methyl sites for hydroxylation is 1. The van der Waals surface area contributed by atoms with E-state index in [1.807, 2.05) is 21.7 Å². The molecule has 5 rings (SSSR count). The molecule has 1 amide bonds. The Morgan fingerprint density at radius 1 is 0.889 bits per heavy atom. The fourth-order valence-electron chi connectivity index (χ4n) is 5.18. The number of aromatic nitrogens is 4. The number of carbonyl (C=O) groups excluding carboxylic acids is 1. The highest BCUT2D eigenvalue weighted by Gasteiger charge is 2.30. The molecule has 0 unspecified atom stereocenters. The van der Waals surface area contributed by atoms with E-state index >= 15 is 0 Å². The van der Waals surface area contributed by atoms with E-state index in [9.17, 15) is 4.79 Å². The lowest BCUT2D eigenvalue weighted by atomic mass is 10.0. The van der Waals surface area contributed by atoms with E-state index in [1.54, 1.807) is 0 Å². The van der Waals surface area contributed by atoms with E-state index in [1.165, 1.54) is 11.1 Å². The first kappa shape index (κ1) is 24.3. The maximum Gasteiger partial charge on any atom is 0.222 e. The molecule has 188 valence electrons. The summed E-state index contributed by atoms with van der Waals surface area (Å²) in [7, 11) is 0. The first-order chi connectivity index (χ1) is 17.8. The highest BCUT2D eigenvalue weighted by atomic mass is 16.2. The van der Waals surface area contributed by atoms with Gasteiger partial charge in [0.15, 0.2) is 5.82 Å². The molecule has 8 heteroatoms. The zero-order chi connectivity index (χ0) is 24.6. The number of carbonyl (C=O) groups is 1. The van der Waals surface area contributed by atoms with Crippen LogP contribution in [0.25, 0.3) is 6.08 Å². The fraction of sp³-hybridized carbons (Fsp3) is 0.429. The molecule has 36 heavy (non-hydrogen) atoms. The Kier molecular flexibility index (Phi) is 8.15. The summed E-state index contributed by atoms with van der Waals surface area (Å²) in [4.78, 5) is 18.9. The third-order valence-electron chi connectivity index (χ3n) is 7.13. The number of nitrogens with zero attached hydrogens (tertiary/aromatic N) is 7. The van der Waals surface area contributed by atoms with Crippen molar-refractivity contribution in [2.75, 3.05) is 45.8 Å². The van der Waals surface area contributed by atoms with Crippen LogP contribution in [-0.2, 0) is 11.3 Å². The number of rotatable bonds is 10. The highest BCUT2D eigenvalue weighted by Crippen LogP contribution is 2.28. The molecule has 0 N–H and O–H groups in total. The van der Waals surface area contributed by atoms with Crippen LogP contribution in [0.3, 0.4) is 0 Å². The van der Waals surface area contributed by atoms with Gasteiger partial charge >= 0.3 is 0 Å². The number of hydrogen-bond donors (Lipinski definition) is 0. The van der Waals surface area contributed by atoms with Crippen LogP contribution in [0.1, 0.15) is 42.3 Å². The second-order valence-corrected chi connectivity index (χ2v) is 9.56. The molecular formula is C28H35N7O. The smallest absolute Gasteiger partial charge is 0.222 e. The van der Waals surface area contributed by atoms with E-state index in [-0.39, 0.29) is 11.9 Å². The van der Waals surface area contributed by atoms with Gasteiger partial charge in [-0.1, -0.05) is 72.8 Å². The van der Waals surface area contributed by atoms with Crippen molar-refractivity contribution in [2.45, 2.75) is 31.8 Å². The van der Waals surface area contributed by atoms with Gasteiger partial charge in [-0.25, -0.2) is 4.68 Å². The molecule has 2 aromatic carbocycles. The average Bonchev–Trinajstić information content (AvgIpc) is 3.55. The third kappa shape index (κ3) is 6.06. The van der Waals surface area contributed by atoms with Crippen molar-refractivity contribution in [3.63, 3.8) is 0 Å². The Morgan fingerprint density at radius 2 is 1.64 bits per heavy atom. The average molecular weight is 486 g/mol. The van der Waals surface area contributed by atoms with Gasteiger partial charge in [-0.2, -0.15) is 0 Å². The summed E-state index contributed by atoms with van der Waals surface area (Å²) in [5.41, 5.74) is 2.45. The molecule has 1 atom stereocenters. The molecular weight excluding hydrogens is 450 g/mol. The van der Waals surface area contributed by atoms with E-state index in [2.05, 4.69) is 86.0 Å². The topological polar surface area (TPSA) is 70.4 Å². The van der Waals surface area contributed by atoms with Crippen LogP contribution in [0, 0.1) is 0 Å². The first-order valence-electron chi connectivity index (χ1n) is 13.0. The molecule has 8 nitrogen and oxygen atoms in total. The van der Waals surface area contributed by atoms with Gasteiger partial charge in [0.1, 0.15) is 0 Å². The van der Waals surface area contributed by atoms with E-state index in [4.69, 9.17) is 0 Å². The van der Waals surface area contributed by atoms with Crippen molar-refractivity contribution in [2.24, 2.45) is 0 Å². The van der Waals surface area contributed by atoms with Crippen molar-refractivity contribution in [3.05, 3.63) is 83.7 Å². The summed E-state index contributed by atoms with van der Waals surface area (Å²) in [6.45, 7) is 7.21. The van der Waals surface area contributed by atoms with Gasteiger partial charge in [0.25, 0.3) is 0 Å². The number of likely N-dealkylation sites (tertiary alicyclic amines) is 1. The molecule has 3 aromatic rings. The number of tetrazole rings is 1. The summed E-state index contributed by atoms with van der Waals surface area (Å²) < 4.78 is 1.94. The Hall–Kier alpha value is -3.36. The van der Waals surface area contributed by atoms with Crippen LogP contribution in [0.2, 0.25) is 0 Å². The summed E-state index contributed by atoms with van der Waals surface area (Å²) in [5.74, 6) is 1.15. The maximum atomic E-state index is 12.0. The van der Waals surface area contributed by atoms with Crippen molar-refractivity contribution in [3.8, 4) is 0 Å². The molecule has 0 bridgehead atoms. The van der Waals surface area contributed by atoms with Gasteiger partial charge in [0, 0.05) is 58.8 Å². The standard InChI is InChI=1S/C28H35N7O/c36-26-15-8-17-33(26)18-9-19-35-28(29-30-31-35)27(25-13-5-2-6-14-25)34-22-20-32(21-23-34)16-7-12-24-10-3-1-4-11-24/h1-7,10-14,27H,8-9,15-23H2/t27-/m1/s1. The molecule has 2 aliphatic rings. The molecule has 0 aliphatic carbocycles. The van der Waals surface area contributed by atoms with Gasteiger partial charge in [-0.15, -0.1) is 5.10 Å². The number of amides is 1. The van der Waals surface area contributed by atoms with E-state index in [0.29, 0.717) is 13.0 Å². The summed E-state index contributed by atoms with van der Waals surface area (Å²) in [6, 6.07) is 21.0. The van der Waals surface area contributed by atoms with Gasteiger partial charge < -0.3 is 4.90 Å². The van der Waals surface area contributed by atoms with Crippen LogP contribution < -0.4 is 0 Å². The van der Waals surface area contributed by atoms with Gasteiger partial charge in [0.2, 0.25) is 5.91 Å². The van der Waals surface area contributed by atoms with Gasteiger partial charge in [-0.3, -0.25) is 14.6 Å².